The number of rotatable bonds is 6. The molecule has 3 N–H and O–H groups in total. The molecule has 1 aromatic heterocycles. The van der Waals surface area contributed by atoms with Gasteiger partial charge < -0.3 is 15.6 Å². The zero-order valence-electron chi connectivity index (χ0n) is 15.9. The molecule has 6 heteroatoms. The molecule has 6 nitrogen and oxygen atoms in total. The number of hydrogen-bond acceptors (Lipinski definition) is 4. The first-order chi connectivity index (χ1) is 13.0. The number of guanidine groups is 1. The Morgan fingerprint density at radius 2 is 1.89 bits per heavy atom. The molecule has 1 heterocycles. The molecule has 0 radical (unpaired) electrons. The van der Waals surface area contributed by atoms with Crippen LogP contribution in [0.25, 0.3) is 11.4 Å². The molecule has 0 aliphatic heterocycles. The van der Waals surface area contributed by atoms with Crippen LogP contribution in [0, 0.1) is 0 Å². The summed E-state index contributed by atoms with van der Waals surface area (Å²) in [7, 11) is 0. The van der Waals surface area contributed by atoms with E-state index in [2.05, 4.69) is 46.4 Å². The molecule has 0 saturated heterocycles. The molecule has 1 unspecified atom stereocenters. The van der Waals surface area contributed by atoms with E-state index < -0.39 is 0 Å². The number of anilines is 1. The van der Waals surface area contributed by atoms with Gasteiger partial charge in [-0.15, -0.1) is 0 Å². The number of benzene rings is 2. The van der Waals surface area contributed by atoms with Crippen molar-refractivity contribution in [2.45, 2.75) is 32.6 Å². The van der Waals surface area contributed by atoms with E-state index in [-0.39, 0.29) is 5.92 Å². The topological polar surface area (TPSA) is 89.3 Å². The van der Waals surface area contributed by atoms with Crippen molar-refractivity contribution in [3.63, 3.8) is 0 Å². The van der Waals surface area contributed by atoms with Gasteiger partial charge in [0.1, 0.15) is 0 Å². The number of aromatic nitrogens is 2. The van der Waals surface area contributed by atoms with Crippen molar-refractivity contribution in [1.29, 1.82) is 0 Å². The second-order valence-electron chi connectivity index (χ2n) is 6.85. The van der Waals surface area contributed by atoms with Crippen LogP contribution in [0.2, 0.25) is 0 Å². The van der Waals surface area contributed by atoms with Gasteiger partial charge in [-0.2, -0.15) is 4.98 Å². The summed E-state index contributed by atoms with van der Waals surface area (Å²) in [6.45, 7) is 6.76. The second kappa shape index (κ2) is 8.49. The lowest BCUT2D eigenvalue weighted by atomic mass is 10.0. The minimum absolute atomic E-state index is 0.0303. The van der Waals surface area contributed by atoms with E-state index in [0.29, 0.717) is 30.1 Å². The molecule has 0 spiro atoms. The Morgan fingerprint density at radius 3 is 2.63 bits per heavy atom. The zero-order chi connectivity index (χ0) is 19.2. The summed E-state index contributed by atoms with van der Waals surface area (Å²) in [6, 6.07) is 17.9. The van der Waals surface area contributed by atoms with Gasteiger partial charge in [-0.3, -0.25) is 4.99 Å². The fourth-order valence-corrected chi connectivity index (χ4v) is 2.62. The number of hydrogen-bond donors (Lipinski definition) is 2. The van der Waals surface area contributed by atoms with E-state index in [1.54, 1.807) is 0 Å². The number of nitrogens with zero attached hydrogens (tertiary/aromatic N) is 3. The Hall–Kier alpha value is -3.15. The maximum atomic E-state index is 6.03. The summed E-state index contributed by atoms with van der Waals surface area (Å²) in [5.74, 6) is 1.93. The third-order valence-corrected chi connectivity index (χ3v) is 4.26. The van der Waals surface area contributed by atoms with E-state index in [0.717, 1.165) is 11.3 Å². The summed E-state index contributed by atoms with van der Waals surface area (Å²) < 4.78 is 5.38. The Bertz CT molecular complexity index is 902. The van der Waals surface area contributed by atoms with E-state index >= 15 is 0 Å². The lowest BCUT2D eigenvalue weighted by Crippen LogP contribution is -2.23. The molecule has 0 bridgehead atoms. The molecule has 2 aromatic carbocycles. The predicted octanol–water partition coefficient (Wildman–Crippen LogP) is 4.39. The molecule has 0 fully saturated rings. The molecule has 27 heavy (non-hydrogen) atoms. The average Bonchev–Trinajstić information content (AvgIpc) is 3.17. The van der Waals surface area contributed by atoms with Crippen LogP contribution in [-0.2, 0) is 0 Å². The van der Waals surface area contributed by atoms with Gasteiger partial charge in [0.25, 0.3) is 0 Å². The minimum Gasteiger partial charge on any atom is -0.370 e. The molecule has 0 aliphatic rings. The van der Waals surface area contributed by atoms with Crippen molar-refractivity contribution < 1.29 is 4.52 Å². The second-order valence-corrected chi connectivity index (χ2v) is 6.85. The van der Waals surface area contributed by atoms with E-state index in [9.17, 15) is 0 Å². The SMILES string of the molecule is CC(C)c1cccc(NC(N)=NCC(C)c2nc(-c3ccccc3)no2)c1. The van der Waals surface area contributed by atoms with Crippen LogP contribution in [0.3, 0.4) is 0 Å². The van der Waals surface area contributed by atoms with Crippen molar-refractivity contribution in [2.75, 3.05) is 11.9 Å². The normalized spacial score (nSPS) is 13.0. The van der Waals surface area contributed by atoms with Crippen LogP contribution in [0.4, 0.5) is 5.69 Å². The van der Waals surface area contributed by atoms with Crippen molar-refractivity contribution in [3.8, 4) is 11.4 Å². The maximum absolute atomic E-state index is 6.03. The first-order valence-corrected chi connectivity index (χ1v) is 9.09. The van der Waals surface area contributed by atoms with Crippen LogP contribution in [0.5, 0.6) is 0 Å². The quantitative estimate of drug-likeness (QED) is 0.501. The van der Waals surface area contributed by atoms with Gasteiger partial charge in [0.15, 0.2) is 5.96 Å². The largest absolute Gasteiger partial charge is 0.370 e. The predicted molar refractivity (Wildman–Crippen MR) is 109 cm³/mol. The smallest absolute Gasteiger partial charge is 0.231 e. The van der Waals surface area contributed by atoms with Gasteiger partial charge in [-0.1, -0.05) is 68.4 Å². The lowest BCUT2D eigenvalue weighted by Gasteiger charge is -2.10. The zero-order valence-corrected chi connectivity index (χ0v) is 15.9. The van der Waals surface area contributed by atoms with E-state index in [1.165, 1.54) is 5.56 Å². The average molecular weight is 363 g/mol. The molecule has 0 saturated carbocycles. The highest BCUT2D eigenvalue weighted by atomic mass is 16.5. The summed E-state index contributed by atoms with van der Waals surface area (Å²) in [5, 5.41) is 7.18. The Morgan fingerprint density at radius 1 is 1.11 bits per heavy atom. The fourth-order valence-electron chi connectivity index (χ4n) is 2.62. The van der Waals surface area contributed by atoms with Crippen molar-refractivity contribution in [1.82, 2.24) is 10.1 Å². The van der Waals surface area contributed by atoms with Gasteiger partial charge >= 0.3 is 0 Å². The third kappa shape index (κ3) is 4.94. The van der Waals surface area contributed by atoms with Gasteiger partial charge in [-0.25, -0.2) is 0 Å². The van der Waals surface area contributed by atoms with Crippen LogP contribution in [-0.4, -0.2) is 22.6 Å². The highest BCUT2D eigenvalue weighted by Gasteiger charge is 2.15. The van der Waals surface area contributed by atoms with Crippen molar-refractivity contribution >= 4 is 11.6 Å². The Balaban J connectivity index is 1.62. The van der Waals surface area contributed by atoms with E-state index in [4.69, 9.17) is 10.3 Å². The molecule has 0 amide bonds. The third-order valence-electron chi connectivity index (χ3n) is 4.26. The van der Waals surface area contributed by atoms with Crippen LogP contribution >= 0.6 is 0 Å². The maximum Gasteiger partial charge on any atom is 0.231 e. The van der Waals surface area contributed by atoms with Gasteiger partial charge in [0.05, 0.1) is 12.5 Å². The van der Waals surface area contributed by atoms with Gasteiger partial charge in [0.2, 0.25) is 11.7 Å². The number of aliphatic imine (C=N–C) groups is 1. The molecule has 0 aliphatic carbocycles. The fraction of sp³-hybridized carbons (Fsp3) is 0.286. The molecule has 3 rings (SSSR count). The molecule has 140 valence electrons. The summed E-state index contributed by atoms with van der Waals surface area (Å²) in [6.07, 6.45) is 0. The summed E-state index contributed by atoms with van der Waals surface area (Å²) in [4.78, 5) is 8.87. The summed E-state index contributed by atoms with van der Waals surface area (Å²) >= 11 is 0. The minimum atomic E-state index is -0.0303. The highest BCUT2D eigenvalue weighted by molar-refractivity contribution is 5.92. The highest BCUT2D eigenvalue weighted by Crippen LogP contribution is 2.20. The number of nitrogens with two attached hydrogens (primary N) is 1. The van der Waals surface area contributed by atoms with Crippen molar-refractivity contribution in [3.05, 3.63) is 66.1 Å². The number of nitrogens with one attached hydrogen (secondary N) is 1. The molecule has 1 atom stereocenters. The van der Waals surface area contributed by atoms with Gasteiger partial charge in [0, 0.05) is 11.3 Å². The first-order valence-electron chi connectivity index (χ1n) is 9.09. The molecule has 3 aromatic rings. The standard InChI is InChI=1S/C21H25N5O/c1-14(2)17-10-7-11-18(12-17)24-21(22)23-13-15(3)20-25-19(26-27-20)16-8-5-4-6-9-16/h4-12,14-15H,13H2,1-3H3,(H3,22,23,24). The Kier molecular flexibility index (Phi) is 5.86. The first kappa shape index (κ1) is 18.6. The molecular weight excluding hydrogens is 338 g/mol. The van der Waals surface area contributed by atoms with Crippen LogP contribution in [0.15, 0.2) is 64.1 Å². The van der Waals surface area contributed by atoms with Crippen molar-refractivity contribution in [2.24, 2.45) is 10.7 Å². The lowest BCUT2D eigenvalue weighted by molar-refractivity contribution is 0.361. The Labute approximate surface area is 159 Å². The van der Waals surface area contributed by atoms with Gasteiger partial charge in [-0.05, 0) is 23.6 Å². The van der Waals surface area contributed by atoms with E-state index in [1.807, 2.05) is 49.4 Å². The van der Waals surface area contributed by atoms with Crippen LogP contribution in [0.1, 0.15) is 44.1 Å². The monoisotopic (exact) mass is 363 g/mol. The molecular formula is C21H25N5O. The summed E-state index contributed by atoms with van der Waals surface area (Å²) in [5.41, 5.74) is 9.13. The van der Waals surface area contributed by atoms with Crippen LogP contribution < -0.4 is 11.1 Å².